The number of nitrogens with one attached hydrogen (secondary N) is 1. The second-order valence-electron chi connectivity index (χ2n) is 6.23. The van der Waals surface area contributed by atoms with Gasteiger partial charge in [0.1, 0.15) is 17.2 Å². The Hall–Kier alpha value is -3.88. The maximum Gasteiger partial charge on any atom is 0.344 e. The SMILES string of the molecule is COc1cc(OC)c(/C=C/C(=O)Nc2ccc(OC)c(OC(C)C(=O)O)c2)c(OC)c1. The molecule has 9 nitrogen and oxygen atoms in total. The summed E-state index contributed by atoms with van der Waals surface area (Å²) < 4.78 is 26.5. The molecule has 0 bridgehead atoms. The normalized spacial score (nSPS) is 11.5. The van der Waals surface area contributed by atoms with Crippen LogP contribution in [0.5, 0.6) is 28.7 Å². The number of methoxy groups -OCH3 is 4. The van der Waals surface area contributed by atoms with Crippen LogP contribution in [0.2, 0.25) is 0 Å². The van der Waals surface area contributed by atoms with Crippen LogP contribution in [-0.2, 0) is 9.59 Å². The summed E-state index contributed by atoms with van der Waals surface area (Å²) in [4.78, 5) is 23.5. The zero-order chi connectivity index (χ0) is 23.0. The van der Waals surface area contributed by atoms with E-state index in [1.54, 1.807) is 30.3 Å². The molecule has 2 aromatic rings. The van der Waals surface area contributed by atoms with E-state index in [1.165, 1.54) is 47.5 Å². The highest BCUT2D eigenvalue weighted by Gasteiger charge is 2.16. The number of carboxylic acids is 1. The minimum atomic E-state index is -1.12. The van der Waals surface area contributed by atoms with Gasteiger partial charge in [-0.1, -0.05) is 0 Å². The molecule has 166 valence electrons. The number of anilines is 1. The van der Waals surface area contributed by atoms with Gasteiger partial charge in [-0.2, -0.15) is 0 Å². The van der Waals surface area contributed by atoms with E-state index in [-0.39, 0.29) is 5.75 Å². The number of carbonyl (C=O) groups is 2. The molecule has 2 N–H and O–H groups in total. The first kappa shape index (κ1) is 23.4. The lowest BCUT2D eigenvalue weighted by Gasteiger charge is -2.15. The standard InChI is InChI=1S/C22H25NO8/c1-13(22(25)26)31-20-10-14(6-8-17(20)28-3)23-21(24)9-7-16-18(29-4)11-15(27-2)12-19(16)30-5/h6-13H,1-5H3,(H,23,24)(H,25,26)/b9-7+. The Labute approximate surface area is 180 Å². The summed E-state index contributed by atoms with van der Waals surface area (Å²) in [6, 6.07) is 8.02. The van der Waals surface area contributed by atoms with Gasteiger partial charge < -0.3 is 34.1 Å². The van der Waals surface area contributed by atoms with Crippen molar-refractivity contribution >= 4 is 23.6 Å². The van der Waals surface area contributed by atoms with Gasteiger partial charge >= 0.3 is 5.97 Å². The highest BCUT2D eigenvalue weighted by atomic mass is 16.5. The van der Waals surface area contributed by atoms with Crippen LogP contribution in [0.3, 0.4) is 0 Å². The molecule has 0 fully saturated rings. The molecule has 0 aliphatic heterocycles. The summed E-state index contributed by atoms with van der Waals surface area (Å²) in [5, 5.41) is 11.7. The van der Waals surface area contributed by atoms with Crippen molar-refractivity contribution in [3.8, 4) is 28.7 Å². The lowest BCUT2D eigenvalue weighted by molar-refractivity contribution is -0.144. The van der Waals surface area contributed by atoms with Gasteiger partial charge in [0.2, 0.25) is 5.91 Å². The first-order chi connectivity index (χ1) is 14.8. The fraction of sp³-hybridized carbons (Fsp3) is 0.273. The zero-order valence-corrected chi connectivity index (χ0v) is 17.9. The maximum absolute atomic E-state index is 12.4. The fourth-order valence-electron chi connectivity index (χ4n) is 2.63. The second kappa shape index (κ2) is 10.8. The third kappa shape index (κ3) is 6.05. The molecule has 1 unspecified atom stereocenters. The average molecular weight is 431 g/mol. The Bertz CT molecular complexity index is 945. The number of rotatable bonds is 10. The van der Waals surface area contributed by atoms with Crippen LogP contribution < -0.4 is 29.0 Å². The maximum atomic E-state index is 12.4. The molecule has 0 saturated heterocycles. The van der Waals surface area contributed by atoms with Crippen LogP contribution >= 0.6 is 0 Å². The summed E-state index contributed by atoms with van der Waals surface area (Å²) in [5.74, 6) is 0.485. The number of hydrogen-bond donors (Lipinski definition) is 2. The highest BCUT2D eigenvalue weighted by molar-refractivity contribution is 6.02. The molecule has 31 heavy (non-hydrogen) atoms. The van der Waals surface area contributed by atoms with Crippen LogP contribution in [0.15, 0.2) is 36.4 Å². The van der Waals surface area contributed by atoms with Crippen LogP contribution in [-0.4, -0.2) is 51.5 Å². The summed E-state index contributed by atoms with van der Waals surface area (Å²) in [5.41, 5.74) is 0.965. The van der Waals surface area contributed by atoms with E-state index in [2.05, 4.69) is 5.32 Å². The monoisotopic (exact) mass is 431 g/mol. The van der Waals surface area contributed by atoms with Gasteiger partial charge in [-0.05, 0) is 25.1 Å². The van der Waals surface area contributed by atoms with Crippen molar-refractivity contribution in [2.24, 2.45) is 0 Å². The Morgan fingerprint density at radius 3 is 2.03 bits per heavy atom. The number of benzene rings is 2. The molecule has 0 heterocycles. The Morgan fingerprint density at radius 2 is 1.52 bits per heavy atom. The first-order valence-electron chi connectivity index (χ1n) is 9.19. The second-order valence-corrected chi connectivity index (χ2v) is 6.23. The Balaban J connectivity index is 2.23. The predicted octanol–water partition coefficient (Wildman–Crippen LogP) is 3.22. The van der Waals surface area contributed by atoms with Gasteiger partial charge in [0.15, 0.2) is 17.6 Å². The van der Waals surface area contributed by atoms with Crippen LogP contribution in [0.1, 0.15) is 12.5 Å². The van der Waals surface area contributed by atoms with Crippen LogP contribution in [0.25, 0.3) is 6.08 Å². The largest absolute Gasteiger partial charge is 0.496 e. The van der Waals surface area contributed by atoms with E-state index >= 15 is 0 Å². The summed E-state index contributed by atoms with van der Waals surface area (Å²) in [6.07, 6.45) is 1.78. The molecule has 0 aliphatic carbocycles. The molecule has 9 heteroatoms. The molecule has 0 saturated carbocycles. The molecule has 0 aromatic heterocycles. The van der Waals surface area contributed by atoms with Gasteiger partial charge in [0.05, 0.1) is 34.0 Å². The first-order valence-corrected chi connectivity index (χ1v) is 9.19. The van der Waals surface area contributed by atoms with Gasteiger partial charge in [0, 0.05) is 30.0 Å². The lowest BCUT2D eigenvalue weighted by Crippen LogP contribution is -2.23. The minimum absolute atomic E-state index is 0.192. The smallest absolute Gasteiger partial charge is 0.344 e. The molecule has 0 spiro atoms. The molecular weight excluding hydrogens is 406 g/mol. The van der Waals surface area contributed by atoms with E-state index in [9.17, 15) is 9.59 Å². The molecule has 2 aromatic carbocycles. The molecule has 0 radical (unpaired) electrons. The highest BCUT2D eigenvalue weighted by Crippen LogP contribution is 2.35. The minimum Gasteiger partial charge on any atom is -0.496 e. The van der Waals surface area contributed by atoms with Crippen molar-refractivity contribution < 1.29 is 38.4 Å². The number of carboxylic acid groups (broad SMARTS) is 1. The van der Waals surface area contributed by atoms with Crippen molar-refractivity contribution in [3.05, 3.63) is 42.0 Å². The number of amides is 1. The topological polar surface area (TPSA) is 113 Å². The van der Waals surface area contributed by atoms with Gasteiger partial charge in [-0.25, -0.2) is 4.79 Å². The summed E-state index contributed by atoms with van der Waals surface area (Å²) in [6.45, 7) is 1.39. The number of ether oxygens (including phenoxy) is 5. The quantitative estimate of drug-likeness (QED) is 0.552. The van der Waals surface area contributed by atoms with Gasteiger partial charge in [-0.3, -0.25) is 4.79 Å². The summed E-state index contributed by atoms with van der Waals surface area (Å²) >= 11 is 0. The number of aliphatic carboxylic acids is 1. The summed E-state index contributed by atoms with van der Waals surface area (Å²) in [7, 11) is 5.97. The average Bonchev–Trinajstić information content (AvgIpc) is 2.77. The third-order valence-electron chi connectivity index (χ3n) is 4.24. The Kier molecular flexibility index (Phi) is 8.13. The molecule has 2 rings (SSSR count). The zero-order valence-electron chi connectivity index (χ0n) is 17.9. The van der Waals surface area contributed by atoms with Crippen molar-refractivity contribution in [2.45, 2.75) is 13.0 Å². The molecule has 0 aliphatic rings. The lowest BCUT2D eigenvalue weighted by atomic mass is 10.1. The van der Waals surface area contributed by atoms with Gasteiger partial charge in [-0.15, -0.1) is 0 Å². The van der Waals surface area contributed by atoms with Crippen molar-refractivity contribution in [1.82, 2.24) is 0 Å². The van der Waals surface area contributed by atoms with Crippen LogP contribution in [0, 0.1) is 0 Å². The van der Waals surface area contributed by atoms with E-state index in [0.717, 1.165) is 0 Å². The third-order valence-corrected chi connectivity index (χ3v) is 4.24. The fourth-order valence-corrected chi connectivity index (χ4v) is 2.63. The van der Waals surface area contributed by atoms with Crippen LogP contribution in [0.4, 0.5) is 5.69 Å². The Morgan fingerprint density at radius 1 is 0.903 bits per heavy atom. The predicted molar refractivity (Wildman–Crippen MR) is 114 cm³/mol. The van der Waals surface area contributed by atoms with E-state index in [0.29, 0.717) is 34.2 Å². The number of hydrogen-bond acceptors (Lipinski definition) is 7. The molecular formula is C22H25NO8. The van der Waals surface area contributed by atoms with E-state index in [1.807, 2.05) is 0 Å². The van der Waals surface area contributed by atoms with Crippen molar-refractivity contribution in [2.75, 3.05) is 33.8 Å². The number of carbonyl (C=O) groups excluding carboxylic acids is 1. The van der Waals surface area contributed by atoms with Crippen molar-refractivity contribution in [1.29, 1.82) is 0 Å². The molecule has 1 amide bonds. The van der Waals surface area contributed by atoms with Gasteiger partial charge in [0.25, 0.3) is 0 Å². The van der Waals surface area contributed by atoms with Crippen molar-refractivity contribution in [3.63, 3.8) is 0 Å². The molecule has 1 atom stereocenters. The van der Waals surface area contributed by atoms with E-state index in [4.69, 9.17) is 28.8 Å². The van der Waals surface area contributed by atoms with E-state index < -0.39 is 18.0 Å².